The number of nitrogens with one attached hydrogen (secondary N) is 2. The standard InChI is InChI=1S/C18H23N3O2/c1-14(8-9-17-7-3-12-23-17)20-15-5-2-6-16(13-15)21-11-4-10-19-18(21)22/h2-3,5-7,12-14,20H,4,8-11H2,1H3,(H,19,22)/t14-/m1/s1. The van der Waals surface area contributed by atoms with Gasteiger partial charge in [0.05, 0.1) is 6.26 Å². The van der Waals surface area contributed by atoms with Gasteiger partial charge in [0, 0.05) is 36.9 Å². The number of hydrogen-bond acceptors (Lipinski definition) is 3. The lowest BCUT2D eigenvalue weighted by Crippen LogP contribution is -2.46. The summed E-state index contributed by atoms with van der Waals surface area (Å²) in [4.78, 5) is 13.7. The van der Waals surface area contributed by atoms with E-state index >= 15 is 0 Å². The summed E-state index contributed by atoms with van der Waals surface area (Å²) in [5.74, 6) is 1.01. The van der Waals surface area contributed by atoms with Gasteiger partial charge in [0.1, 0.15) is 5.76 Å². The van der Waals surface area contributed by atoms with Crippen LogP contribution in [-0.2, 0) is 6.42 Å². The van der Waals surface area contributed by atoms with Gasteiger partial charge in [-0.2, -0.15) is 0 Å². The van der Waals surface area contributed by atoms with E-state index in [2.05, 4.69) is 17.6 Å². The maximum Gasteiger partial charge on any atom is 0.321 e. The predicted octanol–water partition coefficient (Wildman–Crippen LogP) is 3.63. The first kappa shape index (κ1) is 15.5. The zero-order chi connectivity index (χ0) is 16.1. The van der Waals surface area contributed by atoms with Crippen molar-refractivity contribution in [3.05, 3.63) is 48.4 Å². The van der Waals surface area contributed by atoms with E-state index in [1.54, 1.807) is 11.2 Å². The Morgan fingerprint density at radius 2 is 2.26 bits per heavy atom. The fraction of sp³-hybridized carbons (Fsp3) is 0.389. The molecule has 2 heterocycles. The summed E-state index contributed by atoms with van der Waals surface area (Å²) in [5, 5.41) is 6.38. The number of carbonyl (C=O) groups excluding carboxylic acids is 1. The van der Waals surface area contributed by atoms with E-state index in [1.165, 1.54) is 0 Å². The molecule has 23 heavy (non-hydrogen) atoms. The smallest absolute Gasteiger partial charge is 0.321 e. The monoisotopic (exact) mass is 313 g/mol. The van der Waals surface area contributed by atoms with Crippen LogP contribution in [0.2, 0.25) is 0 Å². The molecule has 1 fully saturated rings. The van der Waals surface area contributed by atoms with Crippen LogP contribution in [-0.4, -0.2) is 25.2 Å². The number of furan rings is 1. The molecule has 0 bridgehead atoms. The molecule has 2 amide bonds. The van der Waals surface area contributed by atoms with Crippen molar-refractivity contribution in [3.8, 4) is 0 Å². The Bertz CT molecular complexity index is 639. The van der Waals surface area contributed by atoms with Gasteiger partial charge in [0.2, 0.25) is 0 Å². The van der Waals surface area contributed by atoms with Gasteiger partial charge in [-0.05, 0) is 50.1 Å². The fourth-order valence-electron chi connectivity index (χ4n) is 2.81. The van der Waals surface area contributed by atoms with Crippen LogP contribution in [0.5, 0.6) is 0 Å². The van der Waals surface area contributed by atoms with E-state index in [0.29, 0.717) is 6.04 Å². The predicted molar refractivity (Wildman–Crippen MR) is 91.9 cm³/mol. The van der Waals surface area contributed by atoms with Crippen LogP contribution >= 0.6 is 0 Å². The molecule has 0 aliphatic carbocycles. The molecule has 5 nitrogen and oxygen atoms in total. The number of urea groups is 1. The fourth-order valence-corrected chi connectivity index (χ4v) is 2.81. The molecule has 1 saturated heterocycles. The number of carbonyl (C=O) groups is 1. The molecule has 1 aliphatic rings. The Morgan fingerprint density at radius 1 is 1.35 bits per heavy atom. The normalized spacial score (nSPS) is 16.0. The average Bonchev–Trinajstić information content (AvgIpc) is 3.07. The van der Waals surface area contributed by atoms with Crippen molar-refractivity contribution in [2.24, 2.45) is 0 Å². The first-order valence-electron chi connectivity index (χ1n) is 8.17. The van der Waals surface area contributed by atoms with Crippen molar-refractivity contribution in [1.82, 2.24) is 5.32 Å². The Labute approximate surface area is 136 Å². The van der Waals surface area contributed by atoms with Crippen molar-refractivity contribution >= 4 is 17.4 Å². The van der Waals surface area contributed by atoms with Crippen LogP contribution in [0, 0.1) is 0 Å². The quantitative estimate of drug-likeness (QED) is 0.856. The largest absolute Gasteiger partial charge is 0.469 e. The molecule has 0 radical (unpaired) electrons. The molecule has 2 N–H and O–H groups in total. The molecule has 1 aromatic carbocycles. The minimum atomic E-state index is -0.0146. The lowest BCUT2D eigenvalue weighted by atomic mass is 10.1. The van der Waals surface area contributed by atoms with Gasteiger partial charge in [-0.3, -0.25) is 4.90 Å². The summed E-state index contributed by atoms with van der Waals surface area (Å²) in [7, 11) is 0. The number of aryl methyl sites for hydroxylation is 1. The Balaban J connectivity index is 1.59. The van der Waals surface area contributed by atoms with Crippen LogP contribution in [0.15, 0.2) is 47.1 Å². The molecule has 122 valence electrons. The highest BCUT2D eigenvalue weighted by Gasteiger charge is 2.19. The SMILES string of the molecule is C[C@H](CCc1ccco1)Nc1cccc(N2CCCNC2=O)c1. The second-order valence-corrected chi connectivity index (χ2v) is 5.95. The molecule has 0 saturated carbocycles. The minimum Gasteiger partial charge on any atom is -0.469 e. The van der Waals surface area contributed by atoms with E-state index in [4.69, 9.17) is 4.42 Å². The number of amides is 2. The second-order valence-electron chi connectivity index (χ2n) is 5.95. The van der Waals surface area contributed by atoms with Gasteiger partial charge in [0.15, 0.2) is 0 Å². The molecular formula is C18H23N3O2. The first-order chi connectivity index (χ1) is 11.2. The molecule has 0 spiro atoms. The van der Waals surface area contributed by atoms with Crippen molar-refractivity contribution in [1.29, 1.82) is 0 Å². The third kappa shape index (κ3) is 4.06. The summed E-state index contributed by atoms with van der Waals surface area (Å²) < 4.78 is 5.37. The van der Waals surface area contributed by atoms with Crippen LogP contribution in [0.3, 0.4) is 0 Å². The molecule has 1 atom stereocenters. The van der Waals surface area contributed by atoms with E-state index < -0.39 is 0 Å². The van der Waals surface area contributed by atoms with Gasteiger partial charge in [-0.25, -0.2) is 4.79 Å². The zero-order valence-electron chi connectivity index (χ0n) is 13.4. The Morgan fingerprint density at radius 3 is 3.04 bits per heavy atom. The maximum absolute atomic E-state index is 11.9. The molecular weight excluding hydrogens is 290 g/mol. The van der Waals surface area contributed by atoms with Crippen LogP contribution in [0.25, 0.3) is 0 Å². The van der Waals surface area contributed by atoms with Gasteiger partial charge in [-0.15, -0.1) is 0 Å². The summed E-state index contributed by atoms with van der Waals surface area (Å²) >= 11 is 0. The lowest BCUT2D eigenvalue weighted by Gasteiger charge is -2.28. The highest BCUT2D eigenvalue weighted by Crippen LogP contribution is 2.22. The molecule has 0 unspecified atom stereocenters. The number of nitrogens with zero attached hydrogens (tertiary/aromatic N) is 1. The first-order valence-corrected chi connectivity index (χ1v) is 8.17. The van der Waals surface area contributed by atoms with Gasteiger partial charge in [-0.1, -0.05) is 6.07 Å². The van der Waals surface area contributed by atoms with E-state index in [-0.39, 0.29) is 6.03 Å². The van der Waals surface area contributed by atoms with Crippen molar-refractivity contribution < 1.29 is 9.21 Å². The zero-order valence-corrected chi connectivity index (χ0v) is 13.4. The highest BCUT2D eigenvalue weighted by molar-refractivity contribution is 5.93. The molecule has 5 heteroatoms. The maximum atomic E-state index is 11.9. The number of hydrogen-bond donors (Lipinski definition) is 2. The molecule has 1 aliphatic heterocycles. The molecule has 1 aromatic heterocycles. The van der Waals surface area contributed by atoms with Crippen LogP contribution in [0.1, 0.15) is 25.5 Å². The van der Waals surface area contributed by atoms with Gasteiger partial charge < -0.3 is 15.1 Å². The van der Waals surface area contributed by atoms with Gasteiger partial charge in [0.25, 0.3) is 0 Å². The van der Waals surface area contributed by atoms with E-state index in [0.717, 1.165) is 49.5 Å². The van der Waals surface area contributed by atoms with E-state index in [1.807, 2.05) is 36.4 Å². The number of anilines is 2. The minimum absolute atomic E-state index is 0.0146. The van der Waals surface area contributed by atoms with Crippen molar-refractivity contribution in [3.63, 3.8) is 0 Å². The van der Waals surface area contributed by atoms with E-state index in [9.17, 15) is 4.79 Å². The van der Waals surface area contributed by atoms with Crippen LogP contribution in [0.4, 0.5) is 16.2 Å². The second kappa shape index (κ2) is 7.22. The Hall–Kier alpha value is -2.43. The van der Waals surface area contributed by atoms with Crippen LogP contribution < -0.4 is 15.5 Å². The summed E-state index contributed by atoms with van der Waals surface area (Å²) in [6, 6.07) is 12.3. The highest BCUT2D eigenvalue weighted by atomic mass is 16.3. The summed E-state index contributed by atoms with van der Waals surface area (Å²) in [5.41, 5.74) is 1.97. The molecule has 3 rings (SSSR count). The average molecular weight is 313 g/mol. The van der Waals surface area contributed by atoms with Gasteiger partial charge >= 0.3 is 6.03 Å². The summed E-state index contributed by atoms with van der Waals surface area (Å²) in [6.45, 7) is 3.68. The Kier molecular flexibility index (Phi) is 4.86. The molecule has 2 aromatic rings. The third-order valence-corrected chi connectivity index (χ3v) is 4.05. The van der Waals surface area contributed by atoms with Crippen molar-refractivity contribution in [2.45, 2.75) is 32.2 Å². The third-order valence-electron chi connectivity index (χ3n) is 4.05. The lowest BCUT2D eigenvalue weighted by molar-refractivity contribution is 0.243. The summed E-state index contributed by atoms with van der Waals surface area (Å²) in [6.07, 6.45) is 4.58. The topological polar surface area (TPSA) is 57.5 Å². The van der Waals surface area contributed by atoms with Crippen molar-refractivity contribution in [2.75, 3.05) is 23.3 Å². The number of rotatable bonds is 6. The number of benzene rings is 1.